The summed E-state index contributed by atoms with van der Waals surface area (Å²) in [5, 5.41) is 0. The molecule has 0 aliphatic carbocycles. The Morgan fingerprint density at radius 3 is 1.68 bits per heavy atom. The minimum absolute atomic E-state index is 0.222. The molecular weight excluding hydrogens is 395 g/mol. The summed E-state index contributed by atoms with van der Waals surface area (Å²) in [7, 11) is 0. The number of alkyl halides is 1. The molecule has 1 fully saturated rings. The monoisotopic (exact) mass is 422 g/mol. The number of hydrogen-bond acceptors (Lipinski definition) is 4. The molecule has 3 aromatic rings. The molecule has 1 saturated heterocycles. The van der Waals surface area contributed by atoms with E-state index in [9.17, 15) is 0 Å². The van der Waals surface area contributed by atoms with Gasteiger partial charge in [0, 0.05) is 0 Å². The third-order valence-electron chi connectivity index (χ3n) is 5.19. The van der Waals surface area contributed by atoms with Crippen molar-refractivity contribution in [2.75, 3.05) is 6.61 Å². The minimum atomic E-state index is -1.40. The Hall–Kier alpha value is -2.57. The molecule has 4 atom stereocenters. The Kier molecular flexibility index (Phi) is 7.80. The molecule has 0 spiro atoms. The van der Waals surface area contributed by atoms with Gasteiger partial charge in [-0.25, -0.2) is 4.39 Å². The van der Waals surface area contributed by atoms with Gasteiger partial charge in [-0.1, -0.05) is 91.0 Å². The predicted octanol–water partition coefficient (Wildman–Crippen LogP) is 5.07. The first-order valence-corrected chi connectivity index (χ1v) is 10.5. The number of rotatable bonds is 10. The van der Waals surface area contributed by atoms with Crippen LogP contribution in [-0.2, 0) is 38.8 Å². The van der Waals surface area contributed by atoms with Gasteiger partial charge >= 0.3 is 0 Å². The number of ether oxygens (including phenoxy) is 4. The Balaban J connectivity index is 1.36. The van der Waals surface area contributed by atoms with Gasteiger partial charge in [0.2, 0.25) is 0 Å². The van der Waals surface area contributed by atoms with E-state index in [0.29, 0.717) is 13.2 Å². The highest BCUT2D eigenvalue weighted by Crippen LogP contribution is 2.29. The third-order valence-corrected chi connectivity index (χ3v) is 5.19. The molecule has 1 aliphatic rings. The average Bonchev–Trinajstić information content (AvgIpc) is 3.12. The van der Waals surface area contributed by atoms with Crippen LogP contribution < -0.4 is 0 Å². The highest BCUT2D eigenvalue weighted by Gasteiger charge is 2.46. The van der Waals surface area contributed by atoms with E-state index in [1.807, 2.05) is 91.0 Å². The second-order valence-corrected chi connectivity index (χ2v) is 7.55. The normalized spacial score (nSPS) is 23.1. The molecule has 0 amide bonds. The van der Waals surface area contributed by atoms with Crippen molar-refractivity contribution in [2.45, 2.75) is 44.5 Å². The molecule has 0 bridgehead atoms. The highest BCUT2D eigenvalue weighted by atomic mass is 19.1. The fourth-order valence-electron chi connectivity index (χ4n) is 3.54. The lowest BCUT2D eigenvalue weighted by Gasteiger charge is -2.20. The van der Waals surface area contributed by atoms with Gasteiger partial charge in [-0.15, -0.1) is 0 Å². The average molecular weight is 422 g/mol. The SMILES string of the molecule is F[C@@H]1[C@@H](OCc2ccccc2)O[C@H](COCc2ccccc2)[C@@H]1OCc1ccccc1. The van der Waals surface area contributed by atoms with Crippen molar-refractivity contribution in [3.63, 3.8) is 0 Å². The van der Waals surface area contributed by atoms with Gasteiger partial charge in [0.05, 0.1) is 26.4 Å². The van der Waals surface area contributed by atoms with Crippen LogP contribution in [0.3, 0.4) is 0 Å². The second-order valence-electron chi connectivity index (χ2n) is 7.55. The van der Waals surface area contributed by atoms with E-state index in [4.69, 9.17) is 18.9 Å². The molecule has 0 aromatic heterocycles. The minimum Gasteiger partial charge on any atom is -0.374 e. The maximum Gasteiger partial charge on any atom is 0.192 e. The first kappa shape index (κ1) is 21.7. The van der Waals surface area contributed by atoms with Gasteiger partial charge in [0.1, 0.15) is 12.2 Å². The van der Waals surface area contributed by atoms with E-state index in [2.05, 4.69) is 0 Å². The zero-order valence-electron chi connectivity index (χ0n) is 17.3. The van der Waals surface area contributed by atoms with Crippen LogP contribution in [-0.4, -0.2) is 31.3 Å². The summed E-state index contributed by atoms with van der Waals surface area (Å²) in [5.41, 5.74) is 2.99. The van der Waals surface area contributed by atoms with Crippen molar-refractivity contribution in [3.8, 4) is 0 Å². The van der Waals surface area contributed by atoms with Crippen molar-refractivity contribution in [3.05, 3.63) is 108 Å². The summed E-state index contributed by atoms with van der Waals surface area (Å²) in [6.07, 6.45) is -3.72. The van der Waals surface area contributed by atoms with E-state index in [-0.39, 0.29) is 13.2 Å². The standard InChI is InChI=1S/C26H27FO4/c27-24-25(29-17-21-12-6-2-7-13-21)23(19-28-16-20-10-4-1-5-11-20)31-26(24)30-18-22-14-8-3-9-15-22/h1-15,23-26H,16-19H2/t23-,24+,25+,26+/m1/s1. The van der Waals surface area contributed by atoms with Gasteiger partial charge in [-0.05, 0) is 16.7 Å². The van der Waals surface area contributed by atoms with E-state index < -0.39 is 24.7 Å². The number of hydrogen-bond donors (Lipinski definition) is 0. The van der Waals surface area contributed by atoms with Crippen LogP contribution in [0.5, 0.6) is 0 Å². The van der Waals surface area contributed by atoms with Crippen LogP contribution in [0.4, 0.5) is 4.39 Å². The van der Waals surface area contributed by atoms with Crippen molar-refractivity contribution in [1.82, 2.24) is 0 Å². The Labute approximate surface area is 182 Å². The summed E-state index contributed by atoms with van der Waals surface area (Å²) in [6.45, 7) is 1.23. The zero-order valence-corrected chi connectivity index (χ0v) is 17.3. The molecule has 4 nitrogen and oxygen atoms in total. The summed E-state index contributed by atoms with van der Waals surface area (Å²) in [6, 6.07) is 29.2. The molecule has 1 heterocycles. The van der Waals surface area contributed by atoms with Crippen molar-refractivity contribution in [1.29, 1.82) is 0 Å². The van der Waals surface area contributed by atoms with Crippen LogP contribution >= 0.6 is 0 Å². The Morgan fingerprint density at radius 2 is 1.13 bits per heavy atom. The smallest absolute Gasteiger partial charge is 0.192 e. The van der Waals surface area contributed by atoms with Crippen LogP contribution in [0.25, 0.3) is 0 Å². The first-order chi connectivity index (χ1) is 15.3. The second kappa shape index (κ2) is 11.2. The van der Waals surface area contributed by atoms with Crippen LogP contribution in [0, 0.1) is 0 Å². The zero-order chi connectivity index (χ0) is 21.3. The molecule has 3 aromatic carbocycles. The molecule has 162 valence electrons. The number of halogens is 1. The summed E-state index contributed by atoms with van der Waals surface area (Å²) in [4.78, 5) is 0. The molecule has 0 N–H and O–H groups in total. The van der Waals surface area contributed by atoms with E-state index >= 15 is 4.39 Å². The predicted molar refractivity (Wildman–Crippen MR) is 116 cm³/mol. The van der Waals surface area contributed by atoms with Gasteiger partial charge in [0.15, 0.2) is 12.5 Å². The molecule has 0 unspecified atom stereocenters. The highest BCUT2D eigenvalue weighted by molar-refractivity contribution is 5.15. The van der Waals surface area contributed by atoms with Gasteiger partial charge in [-0.3, -0.25) is 0 Å². The van der Waals surface area contributed by atoms with Crippen molar-refractivity contribution < 1.29 is 23.3 Å². The molecular formula is C26H27FO4. The van der Waals surface area contributed by atoms with Gasteiger partial charge in [0.25, 0.3) is 0 Å². The van der Waals surface area contributed by atoms with E-state index in [1.165, 1.54) is 0 Å². The molecule has 31 heavy (non-hydrogen) atoms. The topological polar surface area (TPSA) is 36.9 Å². The molecule has 0 saturated carbocycles. The fourth-order valence-corrected chi connectivity index (χ4v) is 3.54. The number of benzene rings is 3. The Morgan fingerprint density at radius 1 is 0.645 bits per heavy atom. The molecule has 4 rings (SSSR count). The largest absolute Gasteiger partial charge is 0.374 e. The van der Waals surface area contributed by atoms with E-state index in [1.54, 1.807) is 0 Å². The summed E-state index contributed by atoms with van der Waals surface area (Å²) < 4.78 is 38.6. The van der Waals surface area contributed by atoms with Gasteiger partial charge in [-0.2, -0.15) is 0 Å². The maximum atomic E-state index is 15.2. The van der Waals surface area contributed by atoms with Crippen molar-refractivity contribution >= 4 is 0 Å². The fraction of sp³-hybridized carbons (Fsp3) is 0.308. The van der Waals surface area contributed by atoms with Crippen LogP contribution in [0.15, 0.2) is 91.0 Å². The molecule has 1 aliphatic heterocycles. The maximum absolute atomic E-state index is 15.2. The molecule has 0 radical (unpaired) electrons. The Bertz CT molecular complexity index is 891. The third kappa shape index (κ3) is 6.21. The quantitative estimate of drug-likeness (QED) is 0.457. The van der Waals surface area contributed by atoms with E-state index in [0.717, 1.165) is 16.7 Å². The summed E-state index contributed by atoms with van der Waals surface area (Å²) >= 11 is 0. The van der Waals surface area contributed by atoms with Crippen molar-refractivity contribution in [2.24, 2.45) is 0 Å². The van der Waals surface area contributed by atoms with Crippen LogP contribution in [0.2, 0.25) is 0 Å². The lowest BCUT2D eigenvalue weighted by molar-refractivity contribution is -0.168. The molecule has 5 heteroatoms. The summed E-state index contributed by atoms with van der Waals surface area (Å²) in [5.74, 6) is 0. The first-order valence-electron chi connectivity index (χ1n) is 10.5. The van der Waals surface area contributed by atoms with Gasteiger partial charge < -0.3 is 18.9 Å². The van der Waals surface area contributed by atoms with Crippen LogP contribution in [0.1, 0.15) is 16.7 Å². The lowest BCUT2D eigenvalue weighted by Crippen LogP contribution is -2.35. The lowest BCUT2D eigenvalue weighted by atomic mass is 10.1.